The van der Waals surface area contributed by atoms with Crippen molar-refractivity contribution >= 4 is 11.8 Å². The van der Waals surface area contributed by atoms with Crippen LogP contribution >= 0.6 is 0 Å². The topological polar surface area (TPSA) is 76.0 Å². The summed E-state index contributed by atoms with van der Waals surface area (Å²) in [4.78, 5) is 28.6. The summed E-state index contributed by atoms with van der Waals surface area (Å²) in [7, 11) is 0. The number of carbonyl (C=O) groups excluding carboxylic acids is 2. The molecule has 2 heterocycles. The molecule has 1 aliphatic heterocycles. The fourth-order valence-electron chi connectivity index (χ4n) is 3.06. The van der Waals surface area contributed by atoms with Crippen molar-refractivity contribution in [2.24, 2.45) is 5.92 Å². The summed E-state index contributed by atoms with van der Waals surface area (Å²) in [6.07, 6.45) is 7.56. The Labute approximate surface area is 130 Å². The van der Waals surface area contributed by atoms with Crippen LogP contribution in [0.3, 0.4) is 0 Å². The van der Waals surface area contributed by atoms with Crippen molar-refractivity contribution in [3.8, 4) is 0 Å². The van der Waals surface area contributed by atoms with Gasteiger partial charge < -0.3 is 15.2 Å². The van der Waals surface area contributed by atoms with Crippen LogP contribution in [0.2, 0.25) is 0 Å². The Hall–Kier alpha value is -1.85. The number of hydrogen-bond donors (Lipinski definition) is 2. The fourth-order valence-corrected chi connectivity index (χ4v) is 3.06. The largest absolute Gasteiger partial charge is 0.353 e. The van der Waals surface area contributed by atoms with Crippen molar-refractivity contribution in [3.63, 3.8) is 0 Å². The third-order valence-electron chi connectivity index (χ3n) is 4.67. The normalized spacial score (nSPS) is 20.9. The van der Waals surface area contributed by atoms with E-state index in [2.05, 4.69) is 15.6 Å². The number of imidazole rings is 1. The maximum Gasteiger partial charge on any atom is 0.271 e. The van der Waals surface area contributed by atoms with Crippen molar-refractivity contribution in [3.05, 3.63) is 17.7 Å². The molecule has 2 aliphatic rings. The second kappa shape index (κ2) is 6.50. The van der Waals surface area contributed by atoms with Crippen LogP contribution in [-0.2, 0) is 17.8 Å². The SMILES string of the molecule is CCCNC(=O)c1ncn2c1CCC(C(=O)NC1CCC1)C2. The van der Waals surface area contributed by atoms with E-state index in [0.29, 0.717) is 24.8 Å². The molecule has 0 spiro atoms. The minimum absolute atomic E-state index is 0.00569. The molecule has 1 atom stereocenters. The molecule has 0 saturated heterocycles. The van der Waals surface area contributed by atoms with Crippen LogP contribution in [0.1, 0.15) is 55.2 Å². The highest BCUT2D eigenvalue weighted by molar-refractivity contribution is 5.93. The Balaban J connectivity index is 1.62. The highest BCUT2D eigenvalue weighted by atomic mass is 16.2. The van der Waals surface area contributed by atoms with Crippen molar-refractivity contribution < 1.29 is 9.59 Å². The lowest BCUT2D eigenvalue weighted by atomic mass is 9.91. The molecule has 6 nitrogen and oxygen atoms in total. The Morgan fingerprint density at radius 3 is 2.86 bits per heavy atom. The van der Waals surface area contributed by atoms with Gasteiger partial charge in [-0.3, -0.25) is 9.59 Å². The number of nitrogens with zero attached hydrogens (tertiary/aromatic N) is 2. The van der Waals surface area contributed by atoms with Gasteiger partial charge in [-0.1, -0.05) is 6.92 Å². The zero-order chi connectivity index (χ0) is 15.5. The highest BCUT2D eigenvalue weighted by Gasteiger charge is 2.30. The number of rotatable bonds is 5. The van der Waals surface area contributed by atoms with Crippen LogP contribution < -0.4 is 10.6 Å². The van der Waals surface area contributed by atoms with Gasteiger partial charge in [0.25, 0.3) is 5.91 Å². The monoisotopic (exact) mass is 304 g/mol. The number of aromatic nitrogens is 2. The van der Waals surface area contributed by atoms with Crippen molar-refractivity contribution in [2.45, 2.75) is 58.0 Å². The van der Waals surface area contributed by atoms with Gasteiger partial charge in [-0.05, 0) is 38.5 Å². The van der Waals surface area contributed by atoms with E-state index in [0.717, 1.165) is 37.8 Å². The summed E-state index contributed by atoms with van der Waals surface area (Å²) < 4.78 is 1.97. The average molecular weight is 304 g/mol. The van der Waals surface area contributed by atoms with Gasteiger partial charge in [0, 0.05) is 19.1 Å². The first-order valence-electron chi connectivity index (χ1n) is 8.31. The highest BCUT2D eigenvalue weighted by Crippen LogP contribution is 2.24. The first kappa shape index (κ1) is 15.1. The standard InChI is InChI=1S/C16H24N4O2/c1-2-8-17-16(22)14-13-7-6-11(9-20(13)10-18-14)15(21)19-12-4-3-5-12/h10-12H,2-9H2,1H3,(H,17,22)(H,19,21). The first-order valence-corrected chi connectivity index (χ1v) is 8.31. The van der Waals surface area contributed by atoms with Crippen molar-refractivity contribution in [1.29, 1.82) is 0 Å². The molecule has 0 radical (unpaired) electrons. The first-order chi connectivity index (χ1) is 10.7. The Kier molecular flexibility index (Phi) is 4.45. The number of nitrogens with one attached hydrogen (secondary N) is 2. The molecule has 0 aromatic carbocycles. The van der Waals surface area contributed by atoms with Gasteiger partial charge in [-0.15, -0.1) is 0 Å². The van der Waals surface area contributed by atoms with Gasteiger partial charge in [-0.25, -0.2) is 4.98 Å². The Morgan fingerprint density at radius 2 is 2.18 bits per heavy atom. The number of carbonyl (C=O) groups is 2. The zero-order valence-electron chi connectivity index (χ0n) is 13.1. The lowest BCUT2D eigenvalue weighted by Gasteiger charge is -2.30. The smallest absolute Gasteiger partial charge is 0.271 e. The van der Waals surface area contributed by atoms with Gasteiger partial charge in [0.15, 0.2) is 0 Å². The summed E-state index contributed by atoms with van der Waals surface area (Å²) in [5, 5.41) is 5.99. The van der Waals surface area contributed by atoms with E-state index in [-0.39, 0.29) is 17.7 Å². The van der Waals surface area contributed by atoms with Crippen molar-refractivity contribution in [1.82, 2.24) is 20.2 Å². The fraction of sp³-hybridized carbons (Fsp3) is 0.688. The maximum absolute atomic E-state index is 12.3. The molecular weight excluding hydrogens is 280 g/mol. The molecule has 3 rings (SSSR count). The minimum Gasteiger partial charge on any atom is -0.353 e. The van der Waals surface area contributed by atoms with Crippen LogP contribution in [0.5, 0.6) is 0 Å². The van der Waals surface area contributed by atoms with Crippen molar-refractivity contribution in [2.75, 3.05) is 6.54 Å². The molecule has 22 heavy (non-hydrogen) atoms. The van der Waals surface area contributed by atoms with E-state index in [9.17, 15) is 9.59 Å². The van der Waals surface area contributed by atoms with Crippen LogP contribution in [0, 0.1) is 5.92 Å². The van der Waals surface area contributed by atoms with Crippen LogP contribution in [-0.4, -0.2) is 34.0 Å². The quantitative estimate of drug-likeness (QED) is 0.859. The molecule has 1 aliphatic carbocycles. The number of amides is 2. The average Bonchev–Trinajstić information content (AvgIpc) is 2.91. The molecule has 1 saturated carbocycles. The van der Waals surface area contributed by atoms with E-state index in [1.807, 2.05) is 11.5 Å². The predicted molar refractivity (Wildman–Crippen MR) is 82.4 cm³/mol. The van der Waals surface area contributed by atoms with Crippen LogP contribution in [0.15, 0.2) is 6.33 Å². The lowest BCUT2D eigenvalue weighted by molar-refractivity contribution is -0.127. The molecule has 2 amide bonds. The maximum atomic E-state index is 12.3. The predicted octanol–water partition coefficient (Wildman–Crippen LogP) is 1.25. The third kappa shape index (κ3) is 3.00. The van der Waals surface area contributed by atoms with Gasteiger partial charge in [-0.2, -0.15) is 0 Å². The molecule has 1 unspecified atom stereocenters. The second-order valence-electron chi connectivity index (χ2n) is 6.32. The summed E-state index contributed by atoms with van der Waals surface area (Å²) in [6, 6.07) is 0.382. The van der Waals surface area contributed by atoms with E-state index in [1.165, 1.54) is 6.42 Å². The van der Waals surface area contributed by atoms with E-state index in [4.69, 9.17) is 0 Å². The molecule has 1 fully saturated rings. The molecule has 6 heteroatoms. The number of fused-ring (bicyclic) bond motifs is 1. The summed E-state index contributed by atoms with van der Waals surface area (Å²) in [5.74, 6) is 0.0443. The third-order valence-corrected chi connectivity index (χ3v) is 4.67. The summed E-state index contributed by atoms with van der Waals surface area (Å²) in [6.45, 7) is 3.31. The molecule has 2 N–H and O–H groups in total. The van der Waals surface area contributed by atoms with E-state index in [1.54, 1.807) is 6.33 Å². The zero-order valence-corrected chi connectivity index (χ0v) is 13.1. The van der Waals surface area contributed by atoms with Gasteiger partial charge in [0.2, 0.25) is 5.91 Å². The molecule has 120 valence electrons. The molecule has 1 aromatic rings. The summed E-state index contributed by atoms with van der Waals surface area (Å²) in [5.41, 5.74) is 1.48. The second-order valence-corrected chi connectivity index (χ2v) is 6.32. The lowest BCUT2D eigenvalue weighted by Crippen LogP contribution is -2.44. The summed E-state index contributed by atoms with van der Waals surface area (Å²) >= 11 is 0. The van der Waals surface area contributed by atoms with Gasteiger partial charge in [0.1, 0.15) is 5.69 Å². The van der Waals surface area contributed by atoms with Gasteiger partial charge in [0.05, 0.1) is 17.9 Å². The van der Waals surface area contributed by atoms with Crippen LogP contribution in [0.4, 0.5) is 0 Å². The molecule has 0 bridgehead atoms. The molecule has 1 aromatic heterocycles. The van der Waals surface area contributed by atoms with Gasteiger partial charge >= 0.3 is 0 Å². The minimum atomic E-state index is -0.104. The van der Waals surface area contributed by atoms with Crippen LogP contribution in [0.25, 0.3) is 0 Å². The van der Waals surface area contributed by atoms with E-state index >= 15 is 0 Å². The van der Waals surface area contributed by atoms with E-state index < -0.39 is 0 Å². The Morgan fingerprint density at radius 1 is 1.36 bits per heavy atom. The number of hydrogen-bond acceptors (Lipinski definition) is 3. The molecular formula is C16H24N4O2. The Bertz CT molecular complexity index is 562.